The van der Waals surface area contributed by atoms with Gasteiger partial charge in [-0.2, -0.15) is 0 Å². The summed E-state index contributed by atoms with van der Waals surface area (Å²) < 4.78 is 5.28. The zero-order valence-electron chi connectivity index (χ0n) is 23.5. The zero-order valence-corrected chi connectivity index (χ0v) is 23.5. The highest BCUT2D eigenvalue weighted by molar-refractivity contribution is 6.00. The molecule has 0 saturated heterocycles. The van der Waals surface area contributed by atoms with E-state index in [-0.39, 0.29) is 24.0 Å². The number of carbonyl (C=O) groups is 3. The highest BCUT2D eigenvalue weighted by Crippen LogP contribution is 2.21. The maximum atomic E-state index is 13.5. The van der Waals surface area contributed by atoms with Crippen LogP contribution in [0.3, 0.4) is 0 Å². The molecule has 0 spiro atoms. The van der Waals surface area contributed by atoms with Crippen molar-refractivity contribution in [2.24, 2.45) is 17.6 Å². The summed E-state index contributed by atoms with van der Waals surface area (Å²) in [5.74, 6) is -1.48. The molecule has 0 saturated carbocycles. The molecule has 0 aliphatic carbocycles. The van der Waals surface area contributed by atoms with Crippen LogP contribution in [-0.2, 0) is 20.8 Å². The monoisotopic (exact) mass is 550 g/mol. The van der Waals surface area contributed by atoms with Crippen molar-refractivity contribution < 1.29 is 23.9 Å². The number of benzene rings is 2. The Bertz CT molecular complexity index is 1410. The number of amides is 3. The third-order valence-electron chi connectivity index (χ3n) is 6.54. The number of carbonyl (C=O) groups excluding carboxylic acids is 3. The van der Waals surface area contributed by atoms with Gasteiger partial charge in [0.25, 0.3) is 0 Å². The number of nitrogens with one attached hydrogen (secondary N) is 3. The van der Waals surface area contributed by atoms with E-state index < -0.39 is 41.5 Å². The molecule has 214 valence electrons. The molecular formula is C30H38N4O6. The van der Waals surface area contributed by atoms with E-state index in [4.69, 9.17) is 10.2 Å². The van der Waals surface area contributed by atoms with Gasteiger partial charge in [-0.25, -0.2) is 4.79 Å². The molecule has 1 aromatic heterocycles. The summed E-state index contributed by atoms with van der Waals surface area (Å²) in [5.41, 5.74) is 7.66. The topological polar surface area (TPSA) is 164 Å². The summed E-state index contributed by atoms with van der Waals surface area (Å²) >= 11 is 0. The van der Waals surface area contributed by atoms with E-state index in [0.717, 1.165) is 10.9 Å². The number of hydrogen-bond donors (Lipinski definition) is 5. The number of nitrogens with two attached hydrogens (primary N) is 1. The summed E-state index contributed by atoms with van der Waals surface area (Å²) in [7, 11) is 0. The molecule has 3 amide bonds. The van der Waals surface area contributed by atoms with Crippen LogP contribution in [0.2, 0.25) is 0 Å². The molecule has 0 radical (unpaired) electrons. The SMILES string of the molecule is Cc1cc(=O)oc2cc(NC(=O)[C@H](Cc3ccc(O)cc3)NC(=O)[C@@H](NC(=O)[C@@H](N)CC(C)C)C(C)C)ccc12. The van der Waals surface area contributed by atoms with Gasteiger partial charge < -0.3 is 31.2 Å². The Labute approximate surface area is 233 Å². The third kappa shape index (κ3) is 8.16. The van der Waals surface area contributed by atoms with E-state index in [2.05, 4.69) is 16.0 Å². The van der Waals surface area contributed by atoms with Crippen molar-refractivity contribution in [2.75, 3.05) is 5.32 Å². The lowest BCUT2D eigenvalue weighted by molar-refractivity contribution is -0.132. The van der Waals surface area contributed by atoms with Gasteiger partial charge in [-0.3, -0.25) is 14.4 Å². The lowest BCUT2D eigenvalue weighted by Gasteiger charge is -2.26. The summed E-state index contributed by atoms with van der Waals surface area (Å²) in [6, 6.07) is 9.95. The van der Waals surface area contributed by atoms with Crippen LogP contribution in [-0.4, -0.2) is 41.0 Å². The Morgan fingerprint density at radius 2 is 1.60 bits per heavy atom. The maximum absolute atomic E-state index is 13.5. The molecule has 3 aromatic rings. The van der Waals surface area contributed by atoms with Gasteiger partial charge in [-0.15, -0.1) is 0 Å². The van der Waals surface area contributed by atoms with Crippen molar-refractivity contribution in [1.29, 1.82) is 0 Å². The van der Waals surface area contributed by atoms with Crippen LogP contribution >= 0.6 is 0 Å². The Kier molecular flexibility index (Phi) is 10.1. The zero-order chi connectivity index (χ0) is 29.6. The summed E-state index contributed by atoms with van der Waals surface area (Å²) in [6.45, 7) is 9.28. The van der Waals surface area contributed by atoms with Crippen molar-refractivity contribution in [2.45, 2.75) is 65.6 Å². The Hall–Kier alpha value is -4.18. The van der Waals surface area contributed by atoms with Crippen LogP contribution < -0.4 is 27.3 Å². The summed E-state index contributed by atoms with van der Waals surface area (Å²) in [4.78, 5) is 51.4. The van der Waals surface area contributed by atoms with Crippen LogP contribution in [0.1, 0.15) is 45.2 Å². The maximum Gasteiger partial charge on any atom is 0.336 e. The van der Waals surface area contributed by atoms with Crippen molar-refractivity contribution in [1.82, 2.24) is 10.6 Å². The Morgan fingerprint density at radius 3 is 2.23 bits per heavy atom. The van der Waals surface area contributed by atoms with E-state index in [9.17, 15) is 24.3 Å². The van der Waals surface area contributed by atoms with Crippen molar-refractivity contribution in [3.63, 3.8) is 0 Å². The second-order valence-corrected chi connectivity index (χ2v) is 10.8. The van der Waals surface area contributed by atoms with Gasteiger partial charge in [0.2, 0.25) is 17.7 Å². The first-order chi connectivity index (χ1) is 18.8. The molecule has 10 nitrogen and oxygen atoms in total. The number of rotatable bonds is 11. The van der Waals surface area contributed by atoms with Crippen LogP contribution in [0, 0.1) is 18.8 Å². The molecular weight excluding hydrogens is 512 g/mol. The van der Waals surface area contributed by atoms with Crippen LogP contribution in [0.15, 0.2) is 57.7 Å². The molecule has 1 heterocycles. The highest BCUT2D eigenvalue weighted by Gasteiger charge is 2.30. The van der Waals surface area contributed by atoms with Crippen LogP contribution in [0.4, 0.5) is 5.69 Å². The minimum atomic E-state index is -1.03. The van der Waals surface area contributed by atoms with E-state index in [1.54, 1.807) is 51.1 Å². The molecule has 0 aliphatic rings. The van der Waals surface area contributed by atoms with Crippen molar-refractivity contribution in [3.05, 3.63) is 70.1 Å². The average molecular weight is 551 g/mol. The number of anilines is 1. The lowest BCUT2D eigenvalue weighted by atomic mass is 9.99. The normalized spacial score (nSPS) is 13.6. The largest absolute Gasteiger partial charge is 0.508 e. The number of fused-ring (bicyclic) bond motifs is 1. The molecule has 40 heavy (non-hydrogen) atoms. The fourth-order valence-corrected chi connectivity index (χ4v) is 4.38. The number of phenolic OH excluding ortho intramolecular Hbond substituents is 1. The fourth-order valence-electron chi connectivity index (χ4n) is 4.38. The van der Waals surface area contributed by atoms with E-state index in [0.29, 0.717) is 23.3 Å². The molecule has 10 heteroatoms. The Morgan fingerprint density at radius 1 is 0.925 bits per heavy atom. The van der Waals surface area contributed by atoms with E-state index >= 15 is 0 Å². The first-order valence-corrected chi connectivity index (χ1v) is 13.3. The minimum absolute atomic E-state index is 0.0713. The first-order valence-electron chi connectivity index (χ1n) is 13.3. The predicted octanol–water partition coefficient (Wildman–Crippen LogP) is 2.99. The molecule has 0 unspecified atom stereocenters. The molecule has 3 rings (SSSR count). The third-order valence-corrected chi connectivity index (χ3v) is 6.54. The Balaban J connectivity index is 1.84. The lowest BCUT2D eigenvalue weighted by Crippen LogP contribution is -2.57. The number of aryl methyl sites for hydroxylation is 1. The van der Waals surface area contributed by atoms with Crippen LogP contribution in [0.25, 0.3) is 11.0 Å². The van der Waals surface area contributed by atoms with Crippen molar-refractivity contribution in [3.8, 4) is 5.75 Å². The predicted molar refractivity (Wildman–Crippen MR) is 154 cm³/mol. The molecule has 0 bridgehead atoms. The standard InChI is InChI=1S/C30H38N4O6/c1-16(2)12-23(31)28(37)34-27(17(3)4)30(39)33-24(14-19-6-9-21(35)10-7-19)29(38)32-20-8-11-22-18(5)13-26(36)40-25(22)15-20/h6-11,13,15-17,23-24,27,35H,12,14,31H2,1-5H3,(H,32,38)(H,33,39)(H,34,37)/t23-,24-,27-/m0/s1. The average Bonchev–Trinajstić information content (AvgIpc) is 2.86. The summed E-state index contributed by atoms with van der Waals surface area (Å²) in [6.07, 6.45) is 0.584. The number of hydrogen-bond acceptors (Lipinski definition) is 7. The van der Waals surface area contributed by atoms with E-state index in [1.165, 1.54) is 18.2 Å². The smallest absolute Gasteiger partial charge is 0.336 e. The van der Waals surface area contributed by atoms with Gasteiger partial charge in [0.05, 0.1) is 6.04 Å². The number of aromatic hydroxyl groups is 1. The van der Waals surface area contributed by atoms with Gasteiger partial charge in [0.1, 0.15) is 23.4 Å². The van der Waals surface area contributed by atoms with E-state index in [1.807, 2.05) is 13.8 Å². The second-order valence-electron chi connectivity index (χ2n) is 10.8. The molecule has 0 aliphatic heterocycles. The number of phenols is 1. The summed E-state index contributed by atoms with van der Waals surface area (Å²) in [5, 5.41) is 18.7. The van der Waals surface area contributed by atoms with Gasteiger partial charge >= 0.3 is 5.63 Å². The van der Waals surface area contributed by atoms with Gasteiger partial charge in [-0.1, -0.05) is 39.8 Å². The van der Waals surface area contributed by atoms with Gasteiger partial charge in [0.15, 0.2) is 0 Å². The molecule has 2 aromatic carbocycles. The molecule has 3 atom stereocenters. The quantitative estimate of drug-likeness (QED) is 0.229. The molecule has 6 N–H and O–H groups in total. The van der Waals surface area contributed by atoms with Crippen LogP contribution in [0.5, 0.6) is 5.75 Å². The first kappa shape index (κ1) is 30.4. The fraction of sp³-hybridized carbons (Fsp3) is 0.400. The second kappa shape index (κ2) is 13.3. The van der Waals surface area contributed by atoms with Gasteiger partial charge in [0, 0.05) is 29.6 Å². The highest BCUT2D eigenvalue weighted by atomic mass is 16.4. The van der Waals surface area contributed by atoms with Gasteiger partial charge in [-0.05, 0) is 60.6 Å². The molecule has 0 fully saturated rings. The van der Waals surface area contributed by atoms with Crippen molar-refractivity contribution >= 4 is 34.4 Å². The minimum Gasteiger partial charge on any atom is -0.508 e.